The fourth-order valence-electron chi connectivity index (χ4n) is 6.07. The first kappa shape index (κ1) is 22.9. The van der Waals surface area contributed by atoms with Gasteiger partial charge in [0.1, 0.15) is 5.41 Å². The van der Waals surface area contributed by atoms with Gasteiger partial charge < -0.3 is 10.6 Å². The number of carbonyl (C=O) groups excluding carboxylic acids is 1. The lowest BCUT2D eigenvalue weighted by atomic mass is 9.73. The molecule has 5 rings (SSSR count). The normalized spacial score (nSPS) is 16.6. The third kappa shape index (κ3) is 4.54. The van der Waals surface area contributed by atoms with Gasteiger partial charge in [0, 0.05) is 19.1 Å². The molecule has 0 saturated heterocycles. The maximum atomic E-state index is 14.0. The Labute approximate surface area is 204 Å². The van der Waals surface area contributed by atoms with Crippen LogP contribution in [0.2, 0.25) is 0 Å². The van der Waals surface area contributed by atoms with Crippen molar-refractivity contribution in [1.82, 2.24) is 10.6 Å². The van der Waals surface area contributed by atoms with Gasteiger partial charge in [0.15, 0.2) is 0 Å². The zero-order chi connectivity index (χ0) is 23.2. The van der Waals surface area contributed by atoms with Crippen molar-refractivity contribution in [1.29, 1.82) is 0 Å². The maximum Gasteiger partial charge on any atom is 0.235 e. The highest BCUT2D eigenvalue weighted by atomic mass is 16.2. The fourth-order valence-corrected chi connectivity index (χ4v) is 6.07. The number of fused-ring (bicyclic) bond motifs is 3. The molecular weight excluding hydrogens is 416 g/mol. The first-order valence-electron chi connectivity index (χ1n) is 13.0. The average molecular weight is 453 g/mol. The molecule has 2 N–H and O–H groups in total. The number of benzene rings is 3. The smallest absolute Gasteiger partial charge is 0.235 e. The van der Waals surface area contributed by atoms with Crippen molar-refractivity contribution < 1.29 is 4.79 Å². The van der Waals surface area contributed by atoms with E-state index in [4.69, 9.17) is 0 Å². The molecule has 3 aromatic carbocycles. The van der Waals surface area contributed by atoms with Crippen molar-refractivity contribution in [3.8, 4) is 11.1 Å². The average Bonchev–Trinajstić information content (AvgIpc) is 3.19. The number of hydrogen-bond acceptors (Lipinski definition) is 2. The van der Waals surface area contributed by atoms with Crippen LogP contribution in [0.5, 0.6) is 0 Å². The van der Waals surface area contributed by atoms with E-state index in [9.17, 15) is 4.79 Å². The van der Waals surface area contributed by atoms with Crippen LogP contribution in [0.4, 0.5) is 0 Å². The minimum atomic E-state index is -0.632. The van der Waals surface area contributed by atoms with E-state index in [0.717, 1.165) is 36.9 Å². The van der Waals surface area contributed by atoms with E-state index >= 15 is 0 Å². The summed E-state index contributed by atoms with van der Waals surface area (Å²) in [5.41, 5.74) is 5.41. The molecule has 176 valence electrons. The second-order valence-electron chi connectivity index (χ2n) is 9.88. The lowest BCUT2D eigenvalue weighted by Gasteiger charge is -2.31. The highest BCUT2D eigenvalue weighted by Crippen LogP contribution is 2.51. The Kier molecular flexibility index (Phi) is 7.10. The molecule has 0 aliphatic heterocycles. The van der Waals surface area contributed by atoms with Gasteiger partial charge in [-0.2, -0.15) is 0 Å². The van der Waals surface area contributed by atoms with E-state index in [0.29, 0.717) is 12.6 Å². The lowest BCUT2D eigenvalue weighted by molar-refractivity contribution is -0.125. The molecule has 0 aromatic heterocycles. The summed E-state index contributed by atoms with van der Waals surface area (Å²) in [6.45, 7) is 1.50. The molecule has 1 fully saturated rings. The van der Waals surface area contributed by atoms with Crippen LogP contribution in [0.15, 0.2) is 78.9 Å². The second-order valence-corrected chi connectivity index (χ2v) is 9.88. The SMILES string of the molecule is O=C(NCCNC1CCCCC1)C1(CCCc2ccccc2)c2ccccc2-c2ccccc21. The molecule has 1 saturated carbocycles. The van der Waals surface area contributed by atoms with Crippen molar-refractivity contribution in [3.05, 3.63) is 95.6 Å². The maximum absolute atomic E-state index is 14.0. The van der Waals surface area contributed by atoms with Crippen LogP contribution in [0, 0.1) is 0 Å². The van der Waals surface area contributed by atoms with Crippen LogP contribution in [0.25, 0.3) is 11.1 Å². The molecule has 34 heavy (non-hydrogen) atoms. The van der Waals surface area contributed by atoms with Crippen LogP contribution in [-0.4, -0.2) is 25.0 Å². The minimum Gasteiger partial charge on any atom is -0.354 e. The predicted molar refractivity (Wildman–Crippen MR) is 140 cm³/mol. The molecule has 2 aliphatic rings. The molecule has 3 heteroatoms. The first-order chi connectivity index (χ1) is 16.8. The molecule has 3 nitrogen and oxygen atoms in total. The molecular formula is C31H36N2O. The number of hydrogen-bond donors (Lipinski definition) is 2. The molecule has 0 unspecified atom stereocenters. The topological polar surface area (TPSA) is 41.1 Å². The molecule has 1 amide bonds. The summed E-state index contributed by atoms with van der Waals surface area (Å²) in [6, 6.07) is 28.2. The highest BCUT2D eigenvalue weighted by molar-refractivity contribution is 6.00. The summed E-state index contributed by atoms with van der Waals surface area (Å²) >= 11 is 0. The summed E-state index contributed by atoms with van der Waals surface area (Å²) in [4.78, 5) is 14.0. The standard InChI is InChI=1S/C31H36N2O/c34-30(33-23-22-32-25-15-5-2-6-16-25)31(21-11-14-24-12-3-1-4-13-24)28-19-9-7-17-26(28)27-18-8-10-20-29(27)31/h1,3-4,7-10,12-13,17-20,25,32H,2,5-6,11,14-16,21-23H2,(H,33,34). The van der Waals surface area contributed by atoms with Crippen LogP contribution in [0.3, 0.4) is 0 Å². The Morgan fingerprint density at radius 2 is 1.38 bits per heavy atom. The molecule has 0 spiro atoms. The van der Waals surface area contributed by atoms with Gasteiger partial charge in [0.25, 0.3) is 0 Å². The minimum absolute atomic E-state index is 0.142. The van der Waals surface area contributed by atoms with Crippen molar-refractivity contribution in [3.63, 3.8) is 0 Å². The quantitative estimate of drug-likeness (QED) is 0.390. The number of aryl methyl sites for hydroxylation is 1. The Bertz CT molecular complexity index is 1060. The van der Waals surface area contributed by atoms with Gasteiger partial charge in [0.2, 0.25) is 5.91 Å². The fraction of sp³-hybridized carbons (Fsp3) is 0.387. The summed E-state index contributed by atoms with van der Waals surface area (Å²) in [6.07, 6.45) is 9.27. The molecule has 0 atom stereocenters. The molecule has 2 aliphatic carbocycles. The van der Waals surface area contributed by atoms with Crippen molar-refractivity contribution in [2.45, 2.75) is 62.8 Å². The van der Waals surface area contributed by atoms with Crippen LogP contribution >= 0.6 is 0 Å². The number of carbonyl (C=O) groups is 1. The molecule has 3 aromatic rings. The summed E-state index contributed by atoms with van der Waals surface area (Å²) in [7, 11) is 0. The van der Waals surface area contributed by atoms with Gasteiger partial charge in [-0.1, -0.05) is 98.1 Å². The van der Waals surface area contributed by atoms with Gasteiger partial charge in [-0.3, -0.25) is 4.79 Å². The monoisotopic (exact) mass is 452 g/mol. The van der Waals surface area contributed by atoms with Crippen LogP contribution < -0.4 is 10.6 Å². The van der Waals surface area contributed by atoms with Crippen LogP contribution in [0.1, 0.15) is 61.6 Å². The lowest BCUT2D eigenvalue weighted by Crippen LogP contribution is -2.47. The largest absolute Gasteiger partial charge is 0.354 e. The van der Waals surface area contributed by atoms with E-state index in [1.165, 1.54) is 48.8 Å². The molecule has 0 bridgehead atoms. The Morgan fingerprint density at radius 3 is 2.06 bits per heavy atom. The van der Waals surface area contributed by atoms with Gasteiger partial charge >= 0.3 is 0 Å². The summed E-state index contributed by atoms with van der Waals surface area (Å²) in [5.74, 6) is 0.142. The van der Waals surface area contributed by atoms with E-state index in [1.54, 1.807) is 0 Å². The van der Waals surface area contributed by atoms with E-state index in [2.05, 4.69) is 89.5 Å². The summed E-state index contributed by atoms with van der Waals surface area (Å²) in [5, 5.41) is 7.00. The summed E-state index contributed by atoms with van der Waals surface area (Å²) < 4.78 is 0. The Balaban J connectivity index is 1.37. The van der Waals surface area contributed by atoms with Crippen LogP contribution in [-0.2, 0) is 16.6 Å². The Morgan fingerprint density at radius 1 is 0.765 bits per heavy atom. The van der Waals surface area contributed by atoms with E-state index < -0.39 is 5.41 Å². The predicted octanol–water partition coefficient (Wildman–Crippen LogP) is 6.01. The van der Waals surface area contributed by atoms with Gasteiger partial charge in [-0.05, 0) is 59.9 Å². The van der Waals surface area contributed by atoms with Crippen molar-refractivity contribution in [2.24, 2.45) is 0 Å². The third-order valence-electron chi connectivity index (χ3n) is 7.76. The zero-order valence-electron chi connectivity index (χ0n) is 20.1. The molecule has 0 heterocycles. The Hall–Kier alpha value is -2.91. The zero-order valence-corrected chi connectivity index (χ0v) is 20.1. The van der Waals surface area contributed by atoms with E-state index in [-0.39, 0.29) is 5.91 Å². The van der Waals surface area contributed by atoms with Gasteiger partial charge in [-0.25, -0.2) is 0 Å². The number of rotatable bonds is 9. The van der Waals surface area contributed by atoms with Gasteiger partial charge in [-0.15, -0.1) is 0 Å². The van der Waals surface area contributed by atoms with Crippen molar-refractivity contribution >= 4 is 5.91 Å². The highest BCUT2D eigenvalue weighted by Gasteiger charge is 2.48. The molecule has 0 radical (unpaired) electrons. The van der Waals surface area contributed by atoms with Gasteiger partial charge in [0.05, 0.1) is 0 Å². The third-order valence-corrected chi connectivity index (χ3v) is 7.76. The second kappa shape index (κ2) is 10.6. The first-order valence-corrected chi connectivity index (χ1v) is 13.0. The number of nitrogens with one attached hydrogen (secondary N) is 2. The van der Waals surface area contributed by atoms with Crippen molar-refractivity contribution in [2.75, 3.05) is 13.1 Å². The number of amides is 1. The van der Waals surface area contributed by atoms with E-state index in [1.807, 2.05) is 0 Å².